The second kappa shape index (κ2) is 6.06. The first-order valence-corrected chi connectivity index (χ1v) is 7.62. The lowest BCUT2D eigenvalue weighted by molar-refractivity contribution is 0.0527. The second-order valence-electron chi connectivity index (χ2n) is 5.17. The number of benzene rings is 1. The van der Waals surface area contributed by atoms with Gasteiger partial charge in [-0.3, -0.25) is 9.69 Å². The van der Waals surface area contributed by atoms with Gasteiger partial charge in [0.25, 0.3) is 5.91 Å². The van der Waals surface area contributed by atoms with Crippen LogP contribution in [-0.2, 0) is 0 Å². The van der Waals surface area contributed by atoms with Crippen molar-refractivity contribution in [3.63, 3.8) is 0 Å². The normalized spacial score (nSPS) is 20.6. The van der Waals surface area contributed by atoms with Gasteiger partial charge in [0.1, 0.15) is 0 Å². The third-order valence-electron chi connectivity index (χ3n) is 3.88. The second-order valence-corrected chi connectivity index (χ2v) is 5.96. The molecule has 1 saturated heterocycles. The zero-order valence-electron chi connectivity index (χ0n) is 11.8. The maximum atomic E-state index is 12.6. The molecule has 1 aromatic carbocycles. The topological polar surface area (TPSA) is 23.6 Å². The van der Waals surface area contributed by atoms with Crippen LogP contribution in [0.3, 0.4) is 0 Å². The van der Waals surface area contributed by atoms with E-state index in [1.807, 2.05) is 30.0 Å². The summed E-state index contributed by atoms with van der Waals surface area (Å²) in [5, 5.41) is 0. The van der Waals surface area contributed by atoms with Gasteiger partial charge in [0.05, 0.1) is 5.56 Å². The van der Waals surface area contributed by atoms with Gasteiger partial charge in [0.2, 0.25) is 0 Å². The molecule has 0 radical (unpaired) electrons. The van der Waals surface area contributed by atoms with Gasteiger partial charge in [0, 0.05) is 30.1 Å². The third kappa shape index (κ3) is 3.00. The number of carbonyl (C=O) groups is 1. The summed E-state index contributed by atoms with van der Waals surface area (Å²) >= 11 is 3.53. The molecule has 1 aromatic rings. The Balaban J connectivity index is 2.15. The lowest BCUT2D eigenvalue weighted by Crippen LogP contribution is -2.53. The van der Waals surface area contributed by atoms with Crippen molar-refractivity contribution in [3.05, 3.63) is 33.8 Å². The van der Waals surface area contributed by atoms with Gasteiger partial charge in [-0.25, -0.2) is 0 Å². The molecule has 0 aromatic heterocycles. The maximum Gasteiger partial charge on any atom is 0.255 e. The van der Waals surface area contributed by atoms with E-state index in [0.29, 0.717) is 6.04 Å². The van der Waals surface area contributed by atoms with Gasteiger partial charge >= 0.3 is 0 Å². The molecule has 1 aliphatic rings. The van der Waals surface area contributed by atoms with E-state index < -0.39 is 0 Å². The number of likely N-dealkylation sites (N-methyl/N-ethyl adjacent to an activating group) is 1. The van der Waals surface area contributed by atoms with E-state index in [1.54, 1.807) is 0 Å². The fourth-order valence-electron chi connectivity index (χ4n) is 2.63. The van der Waals surface area contributed by atoms with Crippen LogP contribution in [-0.4, -0.2) is 47.9 Å². The highest BCUT2D eigenvalue weighted by Crippen LogP contribution is 2.23. The van der Waals surface area contributed by atoms with Crippen LogP contribution in [0.15, 0.2) is 22.7 Å². The molecule has 1 fully saturated rings. The number of amides is 1. The first kappa shape index (κ1) is 14.5. The smallest absolute Gasteiger partial charge is 0.255 e. The van der Waals surface area contributed by atoms with Gasteiger partial charge in [-0.05, 0) is 48.0 Å². The molecule has 0 N–H and O–H groups in total. The molecular formula is C15H21BrN2O. The number of nitrogens with zero attached hydrogens (tertiary/aromatic N) is 2. The molecule has 104 valence electrons. The number of hydrogen-bond acceptors (Lipinski definition) is 2. The predicted octanol–water partition coefficient (Wildman–Crippen LogP) is 2.92. The van der Waals surface area contributed by atoms with Gasteiger partial charge in [-0.2, -0.15) is 0 Å². The van der Waals surface area contributed by atoms with Gasteiger partial charge in [0.15, 0.2) is 0 Å². The highest BCUT2D eigenvalue weighted by Gasteiger charge is 2.27. The molecule has 1 unspecified atom stereocenters. The maximum absolute atomic E-state index is 12.6. The summed E-state index contributed by atoms with van der Waals surface area (Å²) in [6, 6.07) is 6.29. The molecule has 1 aliphatic heterocycles. The minimum atomic E-state index is 0.137. The summed E-state index contributed by atoms with van der Waals surface area (Å²) in [4.78, 5) is 17.0. The fraction of sp³-hybridized carbons (Fsp3) is 0.533. The van der Waals surface area contributed by atoms with E-state index in [2.05, 4.69) is 34.7 Å². The number of hydrogen-bond donors (Lipinski definition) is 0. The summed E-state index contributed by atoms with van der Waals surface area (Å²) in [5.41, 5.74) is 1.88. The van der Waals surface area contributed by atoms with E-state index in [9.17, 15) is 4.79 Å². The first-order valence-electron chi connectivity index (χ1n) is 6.83. The van der Waals surface area contributed by atoms with E-state index in [1.165, 1.54) is 0 Å². The molecule has 1 amide bonds. The molecule has 0 saturated carbocycles. The summed E-state index contributed by atoms with van der Waals surface area (Å²) in [7, 11) is 0. The van der Waals surface area contributed by atoms with Crippen LogP contribution >= 0.6 is 15.9 Å². The van der Waals surface area contributed by atoms with Gasteiger partial charge < -0.3 is 4.90 Å². The zero-order chi connectivity index (χ0) is 14.0. The van der Waals surface area contributed by atoms with E-state index in [0.717, 1.165) is 41.8 Å². The molecule has 19 heavy (non-hydrogen) atoms. The van der Waals surface area contributed by atoms with Crippen LogP contribution in [0.1, 0.15) is 29.8 Å². The van der Waals surface area contributed by atoms with E-state index in [-0.39, 0.29) is 5.91 Å². The van der Waals surface area contributed by atoms with Crippen molar-refractivity contribution in [2.75, 3.05) is 26.2 Å². The number of carbonyl (C=O) groups excluding carboxylic acids is 1. The summed E-state index contributed by atoms with van der Waals surface area (Å²) in [5.74, 6) is 0.137. The number of halogens is 1. The Bertz CT molecular complexity index is 475. The van der Waals surface area contributed by atoms with Crippen LogP contribution in [0.5, 0.6) is 0 Å². The molecule has 0 aliphatic carbocycles. The first-order chi connectivity index (χ1) is 9.04. The van der Waals surface area contributed by atoms with Crippen molar-refractivity contribution < 1.29 is 4.79 Å². The number of aryl methyl sites for hydroxylation is 1. The van der Waals surface area contributed by atoms with Crippen LogP contribution in [0.25, 0.3) is 0 Å². The molecule has 2 rings (SSSR count). The standard InChI is InChI=1S/C15H21BrN2O/c1-4-17-8-9-18(10-12(17)3)15(19)13-7-5-6-11(2)14(13)16/h5-7,12H,4,8-10H2,1-3H3. The Morgan fingerprint density at radius 2 is 2.16 bits per heavy atom. The van der Waals surface area contributed by atoms with Crippen molar-refractivity contribution in [1.82, 2.24) is 9.80 Å². The molecule has 0 spiro atoms. The Hall–Kier alpha value is -0.870. The Morgan fingerprint density at radius 3 is 2.79 bits per heavy atom. The summed E-state index contributed by atoms with van der Waals surface area (Å²) in [6.07, 6.45) is 0. The van der Waals surface area contributed by atoms with E-state index in [4.69, 9.17) is 0 Å². The Kier molecular flexibility index (Phi) is 4.63. The van der Waals surface area contributed by atoms with Crippen molar-refractivity contribution in [2.45, 2.75) is 26.8 Å². The largest absolute Gasteiger partial charge is 0.336 e. The molecule has 0 bridgehead atoms. The quantitative estimate of drug-likeness (QED) is 0.835. The van der Waals surface area contributed by atoms with Crippen LogP contribution in [0.4, 0.5) is 0 Å². The van der Waals surface area contributed by atoms with Crippen LogP contribution < -0.4 is 0 Å². The highest BCUT2D eigenvalue weighted by atomic mass is 79.9. The molecular weight excluding hydrogens is 304 g/mol. The zero-order valence-corrected chi connectivity index (χ0v) is 13.4. The third-order valence-corrected chi connectivity index (χ3v) is 4.93. The SMILES string of the molecule is CCN1CCN(C(=O)c2cccc(C)c2Br)CC1C. The number of piperazine rings is 1. The minimum absolute atomic E-state index is 0.137. The van der Waals surface area contributed by atoms with Gasteiger partial charge in [-0.1, -0.05) is 19.1 Å². The highest BCUT2D eigenvalue weighted by molar-refractivity contribution is 9.10. The average Bonchev–Trinajstić information content (AvgIpc) is 2.41. The molecule has 1 heterocycles. The monoisotopic (exact) mass is 324 g/mol. The van der Waals surface area contributed by atoms with Crippen molar-refractivity contribution in [2.24, 2.45) is 0 Å². The predicted molar refractivity (Wildman–Crippen MR) is 81.5 cm³/mol. The minimum Gasteiger partial charge on any atom is -0.336 e. The molecule has 4 heteroatoms. The van der Waals surface area contributed by atoms with Crippen molar-refractivity contribution in [1.29, 1.82) is 0 Å². The molecule has 3 nitrogen and oxygen atoms in total. The molecule has 1 atom stereocenters. The van der Waals surface area contributed by atoms with Crippen molar-refractivity contribution >= 4 is 21.8 Å². The van der Waals surface area contributed by atoms with E-state index >= 15 is 0 Å². The van der Waals surface area contributed by atoms with Crippen molar-refractivity contribution in [3.8, 4) is 0 Å². The lowest BCUT2D eigenvalue weighted by Gasteiger charge is -2.39. The van der Waals surface area contributed by atoms with Gasteiger partial charge in [-0.15, -0.1) is 0 Å². The van der Waals surface area contributed by atoms with Crippen LogP contribution in [0.2, 0.25) is 0 Å². The van der Waals surface area contributed by atoms with Crippen LogP contribution in [0, 0.1) is 6.92 Å². The Labute approximate surface area is 123 Å². The Morgan fingerprint density at radius 1 is 1.42 bits per heavy atom. The average molecular weight is 325 g/mol. The summed E-state index contributed by atoms with van der Waals surface area (Å²) < 4.78 is 0.922. The lowest BCUT2D eigenvalue weighted by atomic mass is 10.1. The number of rotatable bonds is 2. The fourth-order valence-corrected chi connectivity index (χ4v) is 3.07. The summed E-state index contributed by atoms with van der Waals surface area (Å²) in [6.45, 7) is 10.0.